The van der Waals surface area contributed by atoms with Crippen LogP contribution in [0, 0.1) is 23.7 Å². The lowest BCUT2D eigenvalue weighted by Crippen LogP contribution is -2.21. The predicted molar refractivity (Wildman–Crippen MR) is 79.0 cm³/mol. The molecule has 0 aromatic heterocycles. The molecule has 2 fully saturated rings. The Balaban J connectivity index is 1.57. The van der Waals surface area contributed by atoms with Crippen LogP contribution in [0.15, 0.2) is 11.6 Å². The number of ketones is 1. The zero-order valence-corrected chi connectivity index (χ0v) is 12.6. The molecular weight excluding hydrogens is 284 g/mol. The largest absolute Gasteiger partial charge is 0.478 e. The molecule has 0 bridgehead atoms. The van der Waals surface area contributed by atoms with Gasteiger partial charge >= 0.3 is 5.97 Å². The summed E-state index contributed by atoms with van der Waals surface area (Å²) in [4.78, 5) is 23.3. The van der Waals surface area contributed by atoms with E-state index in [1.54, 1.807) is 6.08 Å². The molecule has 0 heterocycles. The fourth-order valence-corrected chi connectivity index (χ4v) is 4.62. The fraction of sp³-hybridized carbons (Fsp3) is 0.765. The Labute approximate surface area is 130 Å². The number of carbonyl (C=O) groups excluding carboxylic acids is 1. The zero-order valence-electron chi connectivity index (χ0n) is 12.6. The second-order valence-electron chi connectivity index (χ2n) is 7.17. The van der Waals surface area contributed by atoms with Crippen molar-refractivity contribution in [3.05, 3.63) is 11.6 Å². The molecule has 0 aromatic carbocycles. The Kier molecular flexibility index (Phi) is 4.37. The highest BCUT2D eigenvalue weighted by molar-refractivity contribution is 5.87. The van der Waals surface area contributed by atoms with Crippen LogP contribution >= 0.6 is 0 Å². The van der Waals surface area contributed by atoms with Gasteiger partial charge in [-0.1, -0.05) is 6.08 Å². The van der Waals surface area contributed by atoms with E-state index in [9.17, 15) is 19.8 Å². The van der Waals surface area contributed by atoms with Gasteiger partial charge < -0.3 is 15.3 Å². The quantitative estimate of drug-likeness (QED) is 0.716. The highest BCUT2D eigenvalue weighted by Gasteiger charge is 2.45. The molecule has 0 aliphatic heterocycles. The standard InChI is InChI=1S/C17H24O5/c18-12-2-1-9(6-12)15(19)4-3-13-14-7-11(17(21)22)5-10(14)8-16(13)20/h7,9-10,12-14,16,18,20H,1-6,8H2,(H,21,22)/t9?,10-,12?,13+,14-,16+/m0/s1. The molecule has 3 aliphatic rings. The summed E-state index contributed by atoms with van der Waals surface area (Å²) in [6.45, 7) is 0. The SMILES string of the molecule is O=C(O)C1=C[C@H]2[C@@H](C1)C[C@@H](O)[C@@H]2CCC(=O)C1CCC(O)C1. The Morgan fingerprint density at radius 3 is 2.59 bits per heavy atom. The molecule has 22 heavy (non-hydrogen) atoms. The normalized spacial score (nSPS) is 40.5. The van der Waals surface area contributed by atoms with Crippen LogP contribution < -0.4 is 0 Å². The summed E-state index contributed by atoms with van der Waals surface area (Å²) in [6.07, 6.45) is 5.30. The molecule has 3 N–H and O–H groups in total. The lowest BCUT2D eigenvalue weighted by atomic mass is 9.86. The third-order valence-corrected chi connectivity index (χ3v) is 5.81. The van der Waals surface area contributed by atoms with Gasteiger partial charge in [-0.25, -0.2) is 4.79 Å². The first-order valence-corrected chi connectivity index (χ1v) is 8.28. The Hall–Kier alpha value is -1.20. The minimum absolute atomic E-state index is 0.00266. The molecule has 3 aliphatic carbocycles. The van der Waals surface area contributed by atoms with Crippen LogP contribution in [-0.2, 0) is 9.59 Å². The molecule has 0 spiro atoms. The summed E-state index contributed by atoms with van der Waals surface area (Å²) in [5, 5.41) is 28.8. The number of aliphatic carboxylic acids is 1. The van der Waals surface area contributed by atoms with Crippen molar-refractivity contribution >= 4 is 11.8 Å². The maximum Gasteiger partial charge on any atom is 0.331 e. The zero-order chi connectivity index (χ0) is 15.9. The molecule has 3 rings (SSSR count). The lowest BCUT2D eigenvalue weighted by molar-refractivity contribution is -0.132. The van der Waals surface area contributed by atoms with Crippen molar-refractivity contribution in [2.45, 2.75) is 57.2 Å². The summed E-state index contributed by atoms with van der Waals surface area (Å²) < 4.78 is 0. The summed E-state index contributed by atoms with van der Waals surface area (Å²) >= 11 is 0. The minimum Gasteiger partial charge on any atom is -0.478 e. The molecule has 0 aromatic rings. The van der Waals surface area contributed by atoms with Gasteiger partial charge in [0, 0.05) is 17.9 Å². The number of carboxylic acids is 1. The number of carboxylic acid groups (broad SMARTS) is 1. The second kappa shape index (κ2) is 6.13. The number of Topliss-reactive ketones (excluding diaryl/α,β-unsaturated/α-hetero) is 1. The maximum atomic E-state index is 12.2. The van der Waals surface area contributed by atoms with E-state index in [1.165, 1.54) is 0 Å². The number of aliphatic hydroxyl groups is 2. The van der Waals surface area contributed by atoms with Crippen LogP contribution in [0.4, 0.5) is 0 Å². The molecule has 2 saturated carbocycles. The number of allylic oxidation sites excluding steroid dienone is 1. The van der Waals surface area contributed by atoms with Crippen LogP contribution in [0.25, 0.3) is 0 Å². The topological polar surface area (TPSA) is 94.8 Å². The van der Waals surface area contributed by atoms with Crippen LogP contribution in [0.3, 0.4) is 0 Å². The van der Waals surface area contributed by atoms with Gasteiger partial charge in [-0.05, 0) is 56.3 Å². The van der Waals surface area contributed by atoms with Gasteiger partial charge in [0.1, 0.15) is 5.78 Å². The molecule has 0 amide bonds. The van der Waals surface area contributed by atoms with Gasteiger partial charge in [0.05, 0.1) is 12.2 Å². The predicted octanol–water partition coefficient (Wildman–Crippen LogP) is 1.52. The lowest BCUT2D eigenvalue weighted by Gasteiger charge is -2.20. The van der Waals surface area contributed by atoms with Crippen molar-refractivity contribution in [2.75, 3.05) is 0 Å². The van der Waals surface area contributed by atoms with Gasteiger partial charge in [0.25, 0.3) is 0 Å². The monoisotopic (exact) mass is 308 g/mol. The van der Waals surface area contributed by atoms with Crippen molar-refractivity contribution in [3.63, 3.8) is 0 Å². The van der Waals surface area contributed by atoms with E-state index in [0.717, 1.165) is 6.42 Å². The number of hydrogen-bond donors (Lipinski definition) is 3. The first kappa shape index (κ1) is 15.7. The third-order valence-electron chi connectivity index (χ3n) is 5.81. The van der Waals surface area contributed by atoms with Gasteiger partial charge in [0.15, 0.2) is 0 Å². The molecule has 0 radical (unpaired) electrons. The third kappa shape index (κ3) is 2.97. The van der Waals surface area contributed by atoms with Gasteiger partial charge in [-0.15, -0.1) is 0 Å². The number of carbonyl (C=O) groups is 2. The van der Waals surface area contributed by atoms with Crippen LogP contribution in [0.2, 0.25) is 0 Å². The Morgan fingerprint density at radius 2 is 1.95 bits per heavy atom. The van der Waals surface area contributed by atoms with E-state index in [0.29, 0.717) is 44.1 Å². The summed E-state index contributed by atoms with van der Waals surface area (Å²) in [5.74, 6) is -0.390. The molecule has 6 atom stereocenters. The highest BCUT2D eigenvalue weighted by Crippen LogP contribution is 2.48. The smallest absolute Gasteiger partial charge is 0.331 e. The van der Waals surface area contributed by atoms with E-state index in [4.69, 9.17) is 5.11 Å². The van der Waals surface area contributed by atoms with Crippen LogP contribution in [0.1, 0.15) is 44.9 Å². The van der Waals surface area contributed by atoms with E-state index in [-0.39, 0.29) is 35.6 Å². The van der Waals surface area contributed by atoms with E-state index >= 15 is 0 Å². The molecule has 2 unspecified atom stereocenters. The van der Waals surface area contributed by atoms with Crippen LogP contribution in [0.5, 0.6) is 0 Å². The van der Waals surface area contributed by atoms with Crippen molar-refractivity contribution in [2.24, 2.45) is 23.7 Å². The average molecular weight is 308 g/mol. The van der Waals surface area contributed by atoms with Crippen molar-refractivity contribution < 1.29 is 24.9 Å². The second-order valence-corrected chi connectivity index (χ2v) is 7.17. The van der Waals surface area contributed by atoms with Gasteiger partial charge in [0.2, 0.25) is 0 Å². The summed E-state index contributed by atoms with van der Waals surface area (Å²) in [6, 6.07) is 0. The minimum atomic E-state index is -0.862. The molecular formula is C17H24O5. The fourth-order valence-electron chi connectivity index (χ4n) is 4.62. The number of fused-ring (bicyclic) bond motifs is 1. The molecule has 5 nitrogen and oxygen atoms in total. The van der Waals surface area contributed by atoms with E-state index in [1.807, 2.05) is 0 Å². The van der Waals surface area contributed by atoms with E-state index in [2.05, 4.69) is 0 Å². The maximum absolute atomic E-state index is 12.2. The van der Waals surface area contributed by atoms with Crippen molar-refractivity contribution in [1.29, 1.82) is 0 Å². The summed E-state index contributed by atoms with van der Waals surface area (Å²) in [5.41, 5.74) is 0.456. The van der Waals surface area contributed by atoms with Crippen molar-refractivity contribution in [3.8, 4) is 0 Å². The Morgan fingerprint density at radius 1 is 1.18 bits per heavy atom. The average Bonchev–Trinajstić information content (AvgIpc) is 3.11. The van der Waals surface area contributed by atoms with Crippen LogP contribution in [-0.4, -0.2) is 39.3 Å². The molecule has 0 saturated heterocycles. The first-order valence-electron chi connectivity index (χ1n) is 8.28. The molecule has 5 heteroatoms. The molecule has 122 valence electrons. The van der Waals surface area contributed by atoms with Gasteiger partial charge in [-0.3, -0.25) is 4.79 Å². The van der Waals surface area contributed by atoms with Crippen molar-refractivity contribution in [1.82, 2.24) is 0 Å². The number of aliphatic hydroxyl groups excluding tert-OH is 2. The Bertz CT molecular complexity index is 497. The summed E-state index contributed by atoms with van der Waals surface area (Å²) in [7, 11) is 0. The van der Waals surface area contributed by atoms with Gasteiger partial charge in [-0.2, -0.15) is 0 Å². The van der Waals surface area contributed by atoms with E-state index < -0.39 is 12.1 Å². The first-order chi connectivity index (χ1) is 10.5. The highest BCUT2D eigenvalue weighted by atomic mass is 16.4. The number of hydrogen-bond acceptors (Lipinski definition) is 4. The number of rotatable bonds is 5.